The van der Waals surface area contributed by atoms with E-state index in [1.54, 1.807) is 24.3 Å². The molecule has 1 unspecified atom stereocenters. The van der Waals surface area contributed by atoms with Crippen molar-refractivity contribution in [3.63, 3.8) is 0 Å². The monoisotopic (exact) mass is 423 g/mol. The number of nitrogens with one attached hydrogen (secondary N) is 1. The summed E-state index contributed by atoms with van der Waals surface area (Å²) in [5.74, 6) is 1.40. The average Bonchev–Trinajstić information content (AvgIpc) is 2.79. The number of nitrogens with zero attached hydrogens (tertiary/aromatic N) is 2. The van der Waals surface area contributed by atoms with Crippen molar-refractivity contribution in [3.05, 3.63) is 53.7 Å². The molecule has 31 heavy (non-hydrogen) atoms. The number of aryl methyl sites for hydroxylation is 1. The van der Waals surface area contributed by atoms with Gasteiger partial charge in [-0.3, -0.25) is 9.59 Å². The van der Waals surface area contributed by atoms with Crippen LogP contribution in [-0.2, 0) is 9.59 Å². The molecule has 2 heterocycles. The quantitative estimate of drug-likeness (QED) is 0.687. The van der Waals surface area contributed by atoms with Gasteiger partial charge in [-0.15, -0.1) is 0 Å². The highest BCUT2D eigenvalue weighted by molar-refractivity contribution is 5.95. The molecule has 0 radical (unpaired) electrons. The van der Waals surface area contributed by atoms with E-state index in [0.29, 0.717) is 37.0 Å². The molecule has 7 nitrogen and oxygen atoms in total. The molecular weight excluding hydrogens is 394 g/mol. The average molecular weight is 424 g/mol. The van der Waals surface area contributed by atoms with Crippen molar-refractivity contribution < 1.29 is 19.1 Å². The molecule has 1 aromatic heterocycles. The second kappa shape index (κ2) is 10.6. The van der Waals surface area contributed by atoms with Crippen LogP contribution in [-0.4, -0.2) is 48.5 Å². The van der Waals surface area contributed by atoms with Gasteiger partial charge in [-0.05, 0) is 62.1 Å². The number of methoxy groups -OCH3 is 1. The number of anilines is 1. The van der Waals surface area contributed by atoms with Crippen LogP contribution in [0.25, 0.3) is 6.08 Å². The smallest absolute Gasteiger partial charge is 0.246 e. The number of amides is 2. The number of pyridine rings is 1. The number of likely N-dealkylation sites (tertiary alicyclic amines) is 1. The van der Waals surface area contributed by atoms with E-state index in [2.05, 4.69) is 10.3 Å². The van der Waals surface area contributed by atoms with Gasteiger partial charge in [-0.25, -0.2) is 4.98 Å². The Labute approximate surface area is 183 Å². The maximum absolute atomic E-state index is 12.7. The summed E-state index contributed by atoms with van der Waals surface area (Å²) in [6, 6.07) is 9.26. The van der Waals surface area contributed by atoms with Gasteiger partial charge in [0.15, 0.2) is 11.5 Å². The maximum Gasteiger partial charge on any atom is 0.246 e. The van der Waals surface area contributed by atoms with Crippen molar-refractivity contribution >= 4 is 23.7 Å². The van der Waals surface area contributed by atoms with Crippen molar-refractivity contribution in [1.29, 1.82) is 0 Å². The molecule has 0 bridgehead atoms. The molecule has 1 atom stereocenters. The fraction of sp³-hybridized carbons (Fsp3) is 0.375. The van der Waals surface area contributed by atoms with Gasteiger partial charge in [-0.2, -0.15) is 0 Å². The molecule has 1 fully saturated rings. The summed E-state index contributed by atoms with van der Waals surface area (Å²) >= 11 is 0. The first-order valence-corrected chi connectivity index (χ1v) is 10.5. The van der Waals surface area contributed by atoms with Crippen molar-refractivity contribution in [2.45, 2.75) is 26.7 Å². The van der Waals surface area contributed by atoms with Crippen LogP contribution in [0, 0.1) is 12.8 Å². The van der Waals surface area contributed by atoms with E-state index in [0.717, 1.165) is 24.0 Å². The SMILES string of the molecule is CCOc1ccc(C=CC(=O)N2CCCC(C(=O)Nc3ncccc3C)C2)cc1OC. The summed E-state index contributed by atoms with van der Waals surface area (Å²) in [6.07, 6.45) is 6.48. The lowest BCUT2D eigenvalue weighted by Crippen LogP contribution is -2.43. The van der Waals surface area contributed by atoms with Gasteiger partial charge < -0.3 is 19.7 Å². The second-order valence-corrected chi connectivity index (χ2v) is 7.46. The Hall–Kier alpha value is -3.35. The maximum atomic E-state index is 12.7. The van der Waals surface area contributed by atoms with Crippen LogP contribution in [0.3, 0.4) is 0 Å². The Morgan fingerprint density at radius 3 is 2.87 bits per heavy atom. The minimum Gasteiger partial charge on any atom is -0.493 e. The van der Waals surface area contributed by atoms with E-state index in [4.69, 9.17) is 9.47 Å². The van der Waals surface area contributed by atoms with Gasteiger partial charge in [0.25, 0.3) is 0 Å². The molecule has 3 rings (SSSR count). The van der Waals surface area contributed by atoms with Gasteiger partial charge in [0.2, 0.25) is 11.8 Å². The molecule has 0 saturated carbocycles. The van der Waals surface area contributed by atoms with Crippen LogP contribution in [0.2, 0.25) is 0 Å². The molecule has 1 saturated heterocycles. The van der Waals surface area contributed by atoms with Crippen molar-refractivity contribution in [3.8, 4) is 11.5 Å². The van der Waals surface area contributed by atoms with Crippen LogP contribution in [0.4, 0.5) is 5.82 Å². The summed E-state index contributed by atoms with van der Waals surface area (Å²) in [7, 11) is 1.59. The van der Waals surface area contributed by atoms with Gasteiger partial charge in [0.1, 0.15) is 5.82 Å². The standard InChI is InChI=1S/C24H29N3O4/c1-4-31-20-11-9-18(15-21(20)30-3)10-12-22(28)27-14-6-8-19(16-27)24(29)26-23-17(2)7-5-13-25-23/h5,7,9-13,15,19H,4,6,8,14,16H2,1-3H3,(H,25,26,29). The minimum absolute atomic E-state index is 0.0977. The number of hydrogen-bond donors (Lipinski definition) is 1. The third kappa shape index (κ3) is 5.84. The lowest BCUT2D eigenvalue weighted by Gasteiger charge is -2.31. The van der Waals surface area contributed by atoms with E-state index in [1.807, 2.05) is 44.2 Å². The number of aromatic nitrogens is 1. The lowest BCUT2D eigenvalue weighted by atomic mass is 9.97. The van der Waals surface area contributed by atoms with Gasteiger partial charge in [-0.1, -0.05) is 12.1 Å². The van der Waals surface area contributed by atoms with Crippen molar-refractivity contribution in [1.82, 2.24) is 9.88 Å². The zero-order valence-corrected chi connectivity index (χ0v) is 18.3. The minimum atomic E-state index is -0.252. The molecule has 164 valence electrons. The zero-order valence-electron chi connectivity index (χ0n) is 18.3. The molecule has 7 heteroatoms. The van der Waals surface area contributed by atoms with E-state index in [9.17, 15) is 9.59 Å². The number of carbonyl (C=O) groups excluding carboxylic acids is 2. The Morgan fingerprint density at radius 1 is 1.29 bits per heavy atom. The summed E-state index contributed by atoms with van der Waals surface area (Å²) in [5, 5.41) is 2.89. The third-order valence-corrected chi connectivity index (χ3v) is 5.26. The molecule has 1 N–H and O–H groups in total. The summed E-state index contributed by atoms with van der Waals surface area (Å²) in [4.78, 5) is 31.3. The summed E-state index contributed by atoms with van der Waals surface area (Å²) < 4.78 is 10.9. The first kappa shape index (κ1) is 22.3. The van der Waals surface area contributed by atoms with E-state index >= 15 is 0 Å². The Morgan fingerprint density at radius 2 is 2.13 bits per heavy atom. The normalized spacial score (nSPS) is 16.2. The highest BCUT2D eigenvalue weighted by Gasteiger charge is 2.28. The Bertz CT molecular complexity index is 958. The summed E-state index contributed by atoms with van der Waals surface area (Å²) in [6.45, 7) is 5.40. The van der Waals surface area contributed by atoms with Crippen molar-refractivity contribution in [2.75, 3.05) is 32.1 Å². The van der Waals surface area contributed by atoms with Gasteiger partial charge in [0, 0.05) is 25.4 Å². The van der Waals surface area contributed by atoms with Gasteiger partial charge >= 0.3 is 0 Å². The van der Waals surface area contributed by atoms with E-state index < -0.39 is 0 Å². The molecule has 1 aromatic carbocycles. The molecule has 0 spiro atoms. The highest BCUT2D eigenvalue weighted by atomic mass is 16.5. The first-order valence-electron chi connectivity index (χ1n) is 10.5. The topological polar surface area (TPSA) is 80.8 Å². The number of ether oxygens (including phenoxy) is 2. The summed E-state index contributed by atoms with van der Waals surface area (Å²) in [5.41, 5.74) is 1.75. The van der Waals surface area contributed by atoms with Crippen molar-refractivity contribution in [2.24, 2.45) is 5.92 Å². The molecular formula is C24H29N3O4. The first-order chi connectivity index (χ1) is 15.0. The molecule has 0 aliphatic carbocycles. The molecule has 2 aromatic rings. The van der Waals surface area contributed by atoms with Crippen LogP contribution in [0.5, 0.6) is 11.5 Å². The van der Waals surface area contributed by atoms with Gasteiger partial charge in [0.05, 0.1) is 19.6 Å². The molecule has 2 amide bonds. The Kier molecular flexibility index (Phi) is 7.65. The van der Waals surface area contributed by atoms with Crippen LogP contribution in [0.15, 0.2) is 42.6 Å². The predicted octanol–water partition coefficient (Wildman–Crippen LogP) is 3.69. The Balaban J connectivity index is 1.61. The van der Waals surface area contributed by atoms with Crippen LogP contribution < -0.4 is 14.8 Å². The largest absolute Gasteiger partial charge is 0.493 e. The number of benzene rings is 1. The number of rotatable bonds is 7. The number of hydrogen-bond acceptors (Lipinski definition) is 5. The lowest BCUT2D eigenvalue weighted by molar-refractivity contribution is -0.130. The second-order valence-electron chi connectivity index (χ2n) is 7.46. The number of carbonyl (C=O) groups is 2. The zero-order chi connectivity index (χ0) is 22.2. The highest BCUT2D eigenvalue weighted by Crippen LogP contribution is 2.28. The fourth-order valence-corrected chi connectivity index (χ4v) is 3.56. The predicted molar refractivity (Wildman–Crippen MR) is 120 cm³/mol. The number of piperidine rings is 1. The van der Waals surface area contributed by atoms with Crippen LogP contribution in [0.1, 0.15) is 30.9 Å². The fourth-order valence-electron chi connectivity index (χ4n) is 3.56. The van der Waals surface area contributed by atoms with Crippen LogP contribution >= 0.6 is 0 Å². The third-order valence-electron chi connectivity index (χ3n) is 5.26. The molecule has 1 aliphatic rings. The molecule has 1 aliphatic heterocycles. The van der Waals surface area contributed by atoms with E-state index in [-0.39, 0.29) is 17.7 Å². The van der Waals surface area contributed by atoms with E-state index in [1.165, 1.54) is 6.08 Å².